The third-order valence-electron chi connectivity index (χ3n) is 1.03. The molecule has 0 amide bonds. The van der Waals surface area contributed by atoms with Gasteiger partial charge < -0.3 is 0 Å². The van der Waals surface area contributed by atoms with Crippen molar-refractivity contribution in [1.82, 2.24) is 15.2 Å². The molecule has 0 atom stereocenters. The van der Waals surface area contributed by atoms with Gasteiger partial charge in [-0.25, -0.2) is 4.98 Å². The number of carbonyl (C=O) groups excluding carboxylic acids is 1. The van der Waals surface area contributed by atoms with Crippen LogP contribution in [-0.2, 0) is 0 Å². The minimum atomic E-state index is -0.0852. The Morgan fingerprint density at radius 3 is 2.70 bits per heavy atom. The quantitative estimate of drug-likeness (QED) is 0.525. The number of carbonyl (C=O) groups is 1. The van der Waals surface area contributed by atoms with Gasteiger partial charge in [-0.1, -0.05) is 0 Å². The highest BCUT2D eigenvalue weighted by Crippen LogP contribution is 1.91. The number of hydrogen-bond donors (Lipinski definition) is 0. The van der Waals surface area contributed by atoms with Crippen LogP contribution in [0.5, 0.6) is 0 Å². The highest BCUT2D eigenvalue weighted by molar-refractivity contribution is 5.91. The van der Waals surface area contributed by atoms with E-state index in [0.717, 1.165) is 0 Å². The molecule has 1 heterocycles. The molecule has 1 aromatic heterocycles. The fourth-order valence-corrected chi connectivity index (χ4v) is 0.562. The topological polar surface area (TPSA) is 55.7 Å². The monoisotopic (exact) mass is 137 g/mol. The molecule has 10 heavy (non-hydrogen) atoms. The Morgan fingerprint density at radius 2 is 2.30 bits per heavy atom. The fourth-order valence-electron chi connectivity index (χ4n) is 0.562. The molecule has 1 aromatic rings. The van der Waals surface area contributed by atoms with E-state index in [9.17, 15) is 4.79 Å². The standard InChI is InChI=1S/C6H7N3O/c1-4(10)6-3-7-9-5(2)8-6/h3H,1-2H3. The van der Waals surface area contributed by atoms with Crippen LogP contribution in [0.3, 0.4) is 0 Å². The van der Waals surface area contributed by atoms with Crippen LogP contribution >= 0.6 is 0 Å². The molecule has 1 rings (SSSR count). The van der Waals surface area contributed by atoms with Crippen LogP contribution in [0.25, 0.3) is 0 Å². The van der Waals surface area contributed by atoms with Gasteiger partial charge in [0.15, 0.2) is 5.78 Å². The van der Waals surface area contributed by atoms with E-state index in [-0.39, 0.29) is 5.78 Å². The lowest BCUT2D eigenvalue weighted by Crippen LogP contribution is -2.01. The summed E-state index contributed by atoms with van der Waals surface area (Å²) in [7, 11) is 0. The minimum Gasteiger partial charge on any atom is -0.293 e. The van der Waals surface area contributed by atoms with Crippen molar-refractivity contribution in [3.63, 3.8) is 0 Å². The van der Waals surface area contributed by atoms with E-state index in [0.29, 0.717) is 11.5 Å². The van der Waals surface area contributed by atoms with Crippen molar-refractivity contribution >= 4 is 5.78 Å². The normalized spacial score (nSPS) is 9.40. The van der Waals surface area contributed by atoms with Crippen LogP contribution in [0.2, 0.25) is 0 Å². The van der Waals surface area contributed by atoms with E-state index in [2.05, 4.69) is 15.2 Å². The third kappa shape index (κ3) is 1.34. The maximum absolute atomic E-state index is 10.7. The lowest BCUT2D eigenvalue weighted by atomic mass is 10.3. The zero-order valence-electron chi connectivity index (χ0n) is 5.83. The summed E-state index contributed by atoms with van der Waals surface area (Å²) in [5.74, 6) is 0.436. The van der Waals surface area contributed by atoms with Gasteiger partial charge in [0.05, 0.1) is 6.20 Å². The van der Waals surface area contributed by atoms with E-state index >= 15 is 0 Å². The molecule has 0 radical (unpaired) electrons. The highest BCUT2D eigenvalue weighted by Gasteiger charge is 2.00. The Hall–Kier alpha value is -1.32. The van der Waals surface area contributed by atoms with Crippen LogP contribution in [0, 0.1) is 6.92 Å². The molecule has 0 aliphatic rings. The predicted octanol–water partition coefficient (Wildman–Crippen LogP) is 0.383. The predicted molar refractivity (Wildman–Crippen MR) is 34.6 cm³/mol. The Kier molecular flexibility index (Phi) is 1.71. The van der Waals surface area contributed by atoms with Gasteiger partial charge in [-0.05, 0) is 6.92 Å². The fraction of sp³-hybridized carbons (Fsp3) is 0.333. The maximum atomic E-state index is 10.7. The molecule has 4 nitrogen and oxygen atoms in total. The zero-order chi connectivity index (χ0) is 7.56. The average Bonchev–Trinajstić information content (AvgIpc) is 1.88. The van der Waals surface area contributed by atoms with Gasteiger partial charge in [0, 0.05) is 6.92 Å². The number of rotatable bonds is 1. The number of nitrogens with zero attached hydrogens (tertiary/aromatic N) is 3. The minimum absolute atomic E-state index is 0.0852. The largest absolute Gasteiger partial charge is 0.293 e. The zero-order valence-corrected chi connectivity index (χ0v) is 5.83. The number of aromatic nitrogens is 3. The first-order valence-electron chi connectivity index (χ1n) is 2.87. The highest BCUT2D eigenvalue weighted by atomic mass is 16.1. The molecule has 0 spiro atoms. The summed E-state index contributed by atoms with van der Waals surface area (Å²) in [4.78, 5) is 14.5. The van der Waals surface area contributed by atoms with Crippen molar-refractivity contribution in [3.8, 4) is 0 Å². The van der Waals surface area contributed by atoms with Gasteiger partial charge in [-0.2, -0.15) is 5.10 Å². The summed E-state index contributed by atoms with van der Waals surface area (Å²) in [5.41, 5.74) is 0.368. The lowest BCUT2D eigenvalue weighted by molar-refractivity contribution is 0.101. The molecule has 52 valence electrons. The Labute approximate surface area is 58.3 Å². The Bertz CT molecular complexity index is 259. The van der Waals surface area contributed by atoms with Crippen molar-refractivity contribution in [1.29, 1.82) is 0 Å². The van der Waals surface area contributed by atoms with Gasteiger partial charge >= 0.3 is 0 Å². The van der Waals surface area contributed by atoms with E-state index in [1.54, 1.807) is 6.92 Å². The smallest absolute Gasteiger partial charge is 0.179 e. The SMILES string of the molecule is CC(=O)c1cnnc(C)n1. The molecular weight excluding hydrogens is 130 g/mol. The average molecular weight is 137 g/mol. The van der Waals surface area contributed by atoms with E-state index < -0.39 is 0 Å². The van der Waals surface area contributed by atoms with Crippen LogP contribution in [0.4, 0.5) is 0 Å². The van der Waals surface area contributed by atoms with Crippen molar-refractivity contribution < 1.29 is 4.79 Å². The number of ketones is 1. The number of Topliss-reactive ketones (excluding diaryl/α,β-unsaturated/α-hetero) is 1. The summed E-state index contributed by atoms with van der Waals surface area (Å²) in [6.07, 6.45) is 1.36. The molecule has 0 N–H and O–H groups in total. The van der Waals surface area contributed by atoms with Crippen molar-refractivity contribution in [2.45, 2.75) is 13.8 Å². The van der Waals surface area contributed by atoms with Crippen LogP contribution in [0.1, 0.15) is 23.2 Å². The Morgan fingerprint density at radius 1 is 1.60 bits per heavy atom. The second-order valence-electron chi connectivity index (χ2n) is 1.95. The molecule has 0 unspecified atom stereocenters. The number of hydrogen-bond acceptors (Lipinski definition) is 4. The van der Waals surface area contributed by atoms with Gasteiger partial charge in [0.25, 0.3) is 0 Å². The molecule has 0 fully saturated rings. The van der Waals surface area contributed by atoms with E-state index in [1.165, 1.54) is 13.1 Å². The summed E-state index contributed by atoms with van der Waals surface area (Å²) in [6, 6.07) is 0. The second kappa shape index (κ2) is 2.51. The van der Waals surface area contributed by atoms with Gasteiger partial charge in [-0.3, -0.25) is 4.79 Å². The third-order valence-corrected chi connectivity index (χ3v) is 1.03. The maximum Gasteiger partial charge on any atom is 0.179 e. The summed E-state index contributed by atoms with van der Waals surface area (Å²) in [5, 5.41) is 7.18. The molecular formula is C6H7N3O. The van der Waals surface area contributed by atoms with Gasteiger partial charge in [0.2, 0.25) is 0 Å². The van der Waals surface area contributed by atoms with Gasteiger partial charge in [0.1, 0.15) is 11.5 Å². The summed E-state index contributed by atoms with van der Waals surface area (Å²) in [6.45, 7) is 3.14. The van der Waals surface area contributed by atoms with Crippen LogP contribution in [0.15, 0.2) is 6.20 Å². The molecule has 0 saturated carbocycles. The Balaban J connectivity index is 3.07. The second-order valence-corrected chi connectivity index (χ2v) is 1.95. The van der Waals surface area contributed by atoms with Crippen molar-refractivity contribution in [2.75, 3.05) is 0 Å². The summed E-state index contributed by atoms with van der Waals surface area (Å²) >= 11 is 0. The van der Waals surface area contributed by atoms with E-state index in [1.807, 2.05) is 0 Å². The molecule has 0 aromatic carbocycles. The van der Waals surface area contributed by atoms with Crippen molar-refractivity contribution in [3.05, 3.63) is 17.7 Å². The van der Waals surface area contributed by atoms with E-state index in [4.69, 9.17) is 0 Å². The first-order valence-corrected chi connectivity index (χ1v) is 2.87. The lowest BCUT2D eigenvalue weighted by Gasteiger charge is -1.91. The molecule has 0 saturated heterocycles. The van der Waals surface area contributed by atoms with Gasteiger partial charge in [-0.15, -0.1) is 5.10 Å². The first kappa shape index (κ1) is 6.80. The first-order chi connectivity index (χ1) is 4.70. The molecule has 0 aliphatic carbocycles. The van der Waals surface area contributed by atoms with Crippen LogP contribution < -0.4 is 0 Å². The van der Waals surface area contributed by atoms with Crippen LogP contribution in [-0.4, -0.2) is 21.0 Å². The molecule has 0 bridgehead atoms. The molecule has 4 heteroatoms. The number of aryl methyl sites for hydroxylation is 1. The molecule has 0 aliphatic heterocycles. The van der Waals surface area contributed by atoms with Crippen molar-refractivity contribution in [2.24, 2.45) is 0 Å². The summed E-state index contributed by atoms with van der Waals surface area (Å²) < 4.78 is 0.